The molecule has 0 unspecified atom stereocenters. The van der Waals surface area contributed by atoms with Gasteiger partial charge in [-0.3, -0.25) is 0 Å². The number of nitrogens with one attached hydrogen (secondary N) is 1. The predicted octanol–water partition coefficient (Wildman–Crippen LogP) is 1.67. The first-order chi connectivity index (χ1) is 7.78. The fourth-order valence-corrected chi connectivity index (χ4v) is 2.21. The molecule has 0 saturated heterocycles. The average molecular weight is 217 g/mol. The Bertz CT molecular complexity index is 388. The van der Waals surface area contributed by atoms with Gasteiger partial charge in [0.25, 0.3) is 0 Å². The summed E-state index contributed by atoms with van der Waals surface area (Å²) in [5.74, 6) is 0. The molecular weight excluding hydrogens is 202 g/mol. The molecule has 0 bridgehead atoms. The molecule has 2 N–H and O–H groups in total. The molecule has 2 rings (SSSR count). The normalized spacial score (nSPS) is 18.0. The smallest absolute Gasteiger partial charge is 0.140 e. The van der Waals surface area contributed by atoms with Crippen LogP contribution < -0.4 is 5.32 Å². The Kier molecular flexibility index (Phi) is 3.07. The first kappa shape index (κ1) is 10.9. The van der Waals surface area contributed by atoms with E-state index in [2.05, 4.69) is 10.3 Å². The van der Waals surface area contributed by atoms with E-state index in [1.54, 1.807) is 12.3 Å². The number of aliphatic hydroxyl groups excluding tert-OH is 1. The van der Waals surface area contributed by atoms with Crippen LogP contribution in [-0.4, -0.2) is 22.2 Å². The molecule has 84 valence electrons. The van der Waals surface area contributed by atoms with Crippen LogP contribution in [0.2, 0.25) is 0 Å². The molecule has 1 fully saturated rings. The van der Waals surface area contributed by atoms with Crippen LogP contribution in [0.5, 0.6) is 0 Å². The van der Waals surface area contributed by atoms with Gasteiger partial charge in [-0.2, -0.15) is 5.26 Å². The van der Waals surface area contributed by atoms with Gasteiger partial charge in [-0.15, -0.1) is 0 Å². The molecule has 1 aromatic rings. The molecule has 0 aromatic carbocycles. The Labute approximate surface area is 94.9 Å². The van der Waals surface area contributed by atoms with Gasteiger partial charge in [-0.05, 0) is 25.0 Å². The Morgan fingerprint density at radius 3 is 2.69 bits per heavy atom. The fourth-order valence-electron chi connectivity index (χ4n) is 2.21. The quantitative estimate of drug-likeness (QED) is 0.808. The van der Waals surface area contributed by atoms with Gasteiger partial charge >= 0.3 is 0 Å². The maximum absolute atomic E-state index is 9.44. The number of anilines is 1. The molecule has 0 atom stereocenters. The lowest BCUT2D eigenvalue weighted by Crippen LogP contribution is -2.39. The Balaban J connectivity index is 2.10. The fraction of sp³-hybridized carbons (Fsp3) is 0.500. The zero-order valence-electron chi connectivity index (χ0n) is 9.11. The van der Waals surface area contributed by atoms with E-state index in [1.807, 2.05) is 12.1 Å². The van der Waals surface area contributed by atoms with Gasteiger partial charge in [0.05, 0.1) is 24.0 Å². The number of nitrogens with zero attached hydrogens (tertiary/aromatic N) is 2. The third-order valence-corrected chi connectivity index (χ3v) is 3.15. The Morgan fingerprint density at radius 1 is 1.44 bits per heavy atom. The molecule has 0 radical (unpaired) electrons. The van der Waals surface area contributed by atoms with Crippen LogP contribution >= 0.6 is 0 Å². The first-order valence-corrected chi connectivity index (χ1v) is 5.53. The highest BCUT2D eigenvalue weighted by Gasteiger charge is 2.32. The summed E-state index contributed by atoms with van der Waals surface area (Å²) in [6.45, 7) is 0.146. The molecule has 0 spiro atoms. The lowest BCUT2D eigenvalue weighted by Gasteiger charge is -2.29. The van der Waals surface area contributed by atoms with Crippen molar-refractivity contribution in [3.05, 3.63) is 24.0 Å². The van der Waals surface area contributed by atoms with E-state index in [-0.39, 0.29) is 12.1 Å². The number of rotatable bonds is 3. The highest BCUT2D eigenvalue weighted by atomic mass is 16.3. The maximum atomic E-state index is 9.44. The van der Waals surface area contributed by atoms with E-state index in [1.165, 1.54) is 0 Å². The van der Waals surface area contributed by atoms with E-state index in [0.717, 1.165) is 31.4 Å². The van der Waals surface area contributed by atoms with Crippen molar-refractivity contribution < 1.29 is 5.11 Å². The van der Waals surface area contributed by atoms with Gasteiger partial charge in [0.1, 0.15) is 11.8 Å². The van der Waals surface area contributed by atoms with Crippen molar-refractivity contribution in [1.29, 1.82) is 5.26 Å². The van der Waals surface area contributed by atoms with Crippen molar-refractivity contribution >= 4 is 5.69 Å². The summed E-state index contributed by atoms with van der Waals surface area (Å²) in [5, 5.41) is 21.4. The third kappa shape index (κ3) is 2.15. The van der Waals surface area contributed by atoms with E-state index >= 15 is 0 Å². The van der Waals surface area contributed by atoms with Gasteiger partial charge in [-0.25, -0.2) is 4.98 Å². The predicted molar refractivity (Wildman–Crippen MR) is 60.9 cm³/mol. The summed E-state index contributed by atoms with van der Waals surface area (Å²) in [4.78, 5) is 4.00. The number of nitriles is 1. The van der Waals surface area contributed by atoms with E-state index in [4.69, 9.17) is 5.26 Å². The average Bonchev–Trinajstić information content (AvgIpc) is 2.79. The van der Waals surface area contributed by atoms with Gasteiger partial charge < -0.3 is 10.4 Å². The number of aromatic nitrogens is 1. The zero-order valence-corrected chi connectivity index (χ0v) is 9.11. The number of aliphatic hydroxyl groups is 1. The number of hydrogen-bond acceptors (Lipinski definition) is 4. The first-order valence-electron chi connectivity index (χ1n) is 5.53. The second-order valence-electron chi connectivity index (χ2n) is 4.31. The lowest BCUT2D eigenvalue weighted by molar-refractivity contribution is 0.214. The monoisotopic (exact) mass is 217 g/mol. The second kappa shape index (κ2) is 4.50. The SMILES string of the molecule is N#Cc1ccc(NC2(CO)CCCC2)cn1. The zero-order chi connectivity index (χ0) is 11.4. The van der Waals surface area contributed by atoms with Crippen molar-refractivity contribution in [1.82, 2.24) is 4.98 Å². The van der Waals surface area contributed by atoms with Crippen molar-refractivity contribution in [3.63, 3.8) is 0 Å². The van der Waals surface area contributed by atoms with Crippen molar-refractivity contribution in [2.45, 2.75) is 31.2 Å². The summed E-state index contributed by atoms with van der Waals surface area (Å²) in [5.41, 5.74) is 1.10. The minimum absolute atomic E-state index is 0.146. The van der Waals surface area contributed by atoms with Crippen LogP contribution in [0.1, 0.15) is 31.4 Å². The van der Waals surface area contributed by atoms with Crippen molar-refractivity contribution in [3.8, 4) is 6.07 Å². The number of hydrogen-bond donors (Lipinski definition) is 2. The second-order valence-corrected chi connectivity index (χ2v) is 4.31. The van der Waals surface area contributed by atoms with Crippen LogP contribution in [0.15, 0.2) is 18.3 Å². The summed E-state index contributed by atoms with van der Waals surface area (Å²) in [7, 11) is 0. The van der Waals surface area contributed by atoms with Gasteiger partial charge in [-0.1, -0.05) is 12.8 Å². The lowest BCUT2D eigenvalue weighted by atomic mass is 9.98. The minimum Gasteiger partial charge on any atom is -0.394 e. The summed E-state index contributed by atoms with van der Waals surface area (Å²) in [6, 6.07) is 5.50. The van der Waals surface area contributed by atoms with Gasteiger partial charge in [0.15, 0.2) is 0 Å². The molecule has 1 heterocycles. The Morgan fingerprint density at radius 2 is 2.19 bits per heavy atom. The van der Waals surface area contributed by atoms with Crippen LogP contribution in [-0.2, 0) is 0 Å². The maximum Gasteiger partial charge on any atom is 0.140 e. The minimum atomic E-state index is -0.185. The number of pyridine rings is 1. The molecule has 0 aliphatic heterocycles. The van der Waals surface area contributed by atoms with E-state index < -0.39 is 0 Å². The molecular formula is C12H15N3O. The molecule has 1 aromatic heterocycles. The molecule has 1 saturated carbocycles. The summed E-state index contributed by atoms with van der Waals surface area (Å²) < 4.78 is 0. The summed E-state index contributed by atoms with van der Waals surface area (Å²) in [6.07, 6.45) is 5.93. The highest BCUT2D eigenvalue weighted by molar-refractivity contribution is 5.45. The molecule has 0 amide bonds. The van der Waals surface area contributed by atoms with Crippen LogP contribution in [0.3, 0.4) is 0 Å². The van der Waals surface area contributed by atoms with Crippen LogP contribution in [0.25, 0.3) is 0 Å². The largest absolute Gasteiger partial charge is 0.394 e. The highest BCUT2D eigenvalue weighted by Crippen LogP contribution is 2.32. The van der Waals surface area contributed by atoms with Gasteiger partial charge in [0, 0.05) is 0 Å². The van der Waals surface area contributed by atoms with Crippen LogP contribution in [0.4, 0.5) is 5.69 Å². The van der Waals surface area contributed by atoms with E-state index in [0.29, 0.717) is 5.69 Å². The van der Waals surface area contributed by atoms with Crippen LogP contribution in [0, 0.1) is 11.3 Å². The topological polar surface area (TPSA) is 68.9 Å². The van der Waals surface area contributed by atoms with Crippen molar-refractivity contribution in [2.24, 2.45) is 0 Å². The van der Waals surface area contributed by atoms with Crippen molar-refractivity contribution in [2.75, 3.05) is 11.9 Å². The summed E-state index contributed by atoms with van der Waals surface area (Å²) >= 11 is 0. The molecule has 4 nitrogen and oxygen atoms in total. The molecule has 4 heteroatoms. The van der Waals surface area contributed by atoms with E-state index in [9.17, 15) is 5.11 Å². The molecule has 1 aliphatic carbocycles. The van der Waals surface area contributed by atoms with Gasteiger partial charge in [0.2, 0.25) is 0 Å². The standard InChI is InChI=1S/C12H15N3O/c13-7-10-3-4-11(8-14-10)15-12(9-16)5-1-2-6-12/h3-4,8,15-16H,1-2,5-6,9H2. The molecule has 16 heavy (non-hydrogen) atoms. The Hall–Kier alpha value is -1.60. The third-order valence-electron chi connectivity index (χ3n) is 3.15. The molecule has 1 aliphatic rings.